The van der Waals surface area contributed by atoms with E-state index in [9.17, 15) is 9.59 Å². The number of nitrogens with zero attached hydrogens (tertiary/aromatic N) is 1. The lowest BCUT2D eigenvalue weighted by molar-refractivity contribution is -0.120. The summed E-state index contributed by atoms with van der Waals surface area (Å²) in [5, 5.41) is 5.74. The van der Waals surface area contributed by atoms with E-state index in [2.05, 4.69) is 15.6 Å². The van der Waals surface area contributed by atoms with E-state index >= 15 is 0 Å². The number of carbonyl (C=O) groups is 2. The highest BCUT2D eigenvalue weighted by Gasteiger charge is 2.23. The van der Waals surface area contributed by atoms with Gasteiger partial charge in [-0.1, -0.05) is 23.7 Å². The lowest BCUT2D eigenvalue weighted by Gasteiger charge is -2.21. The first-order chi connectivity index (χ1) is 12.0. The van der Waals surface area contributed by atoms with Crippen LogP contribution in [-0.4, -0.2) is 24.9 Å². The molecule has 1 aliphatic rings. The van der Waals surface area contributed by atoms with Gasteiger partial charge in [-0.05, 0) is 42.0 Å². The van der Waals surface area contributed by atoms with Crippen molar-refractivity contribution in [1.29, 1.82) is 0 Å². The van der Waals surface area contributed by atoms with Crippen molar-refractivity contribution in [3.8, 4) is 5.75 Å². The molecule has 6 nitrogen and oxygen atoms in total. The molecule has 1 heterocycles. The largest absolute Gasteiger partial charge is 0.497 e. The van der Waals surface area contributed by atoms with Gasteiger partial charge in [-0.15, -0.1) is 0 Å². The van der Waals surface area contributed by atoms with Crippen molar-refractivity contribution < 1.29 is 14.3 Å². The standard InChI is InChI=1S/C18H16ClN3O3/c1-25-14-8-4-11(5-9-14)15-10-16(23)21-18(20-15)22-17(24)12-2-6-13(19)7-3-12/h2-9,15H,10H2,1H3,(H2,20,21,22,23,24)/t15-/m0/s1. The van der Waals surface area contributed by atoms with Gasteiger partial charge in [0, 0.05) is 10.6 Å². The Morgan fingerprint density at radius 3 is 2.52 bits per heavy atom. The molecule has 3 rings (SSSR count). The Labute approximate surface area is 149 Å². The van der Waals surface area contributed by atoms with Crippen LogP contribution in [0.3, 0.4) is 0 Å². The molecule has 0 unspecified atom stereocenters. The van der Waals surface area contributed by atoms with Crippen LogP contribution in [0.1, 0.15) is 28.4 Å². The van der Waals surface area contributed by atoms with Gasteiger partial charge >= 0.3 is 0 Å². The van der Waals surface area contributed by atoms with E-state index in [4.69, 9.17) is 16.3 Å². The molecule has 1 aliphatic heterocycles. The zero-order valence-corrected chi connectivity index (χ0v) is 14.2. The number of halogens is 1. The summed E-state index contributed by atoms with van der Waals surface area (Å²) in [6.45, 7) is 0. The molecule has 2 N–H and O–H groups in total. The zero-order valence-electron chi connectivity index (χ0n) is 13.5. The number of amides is 2. The number of hydrogen-bond acceptors (Lipinski definition) is 4. The van der Waals surface area contributed by atoms with Crippen LogP contribution in [0.5, 0.6) is 5.75 Å². The van der Waals surface area contributed by atoms with E-state index in [-0.39, 0.29) is 30.2 Å². The van der Waals surface area contributed by atoms with Gasteiger partial charge in [0.25, 0.3) is 5.91 Å². The highest BCUT2D eigenvalue weighted by atomic mass is 35.5. The molecular weight excluding hydrogens is 342 g/mol. The smallest absolute Gasteiger partial charge is 0.257 e. The molecular formula is C18H16ClN3O3. The van der Waals surface area contributed by atoms with Crippen molar-refractivity contribution in [2.75, 3.05) is 7.11 Å². The molecule has 2 aromatic carbocycles. The van der Waals surface area contributed by atoms with Gasteiger partial charge in [-0.3, -0.25) is 20.2 Å². The Morgan fingerprint density at radius 1 is 1.20 bits per heavy atom. The van der Waals surface area contributed by atoms with Gasteiger partial charge < -0.3 is 4.74 Å². The van der Waals surface area contributed by atoms with Crippen LogP contribution < -0.4 is 15.4 Å². The molecule has 2 aromatic rings. The third kappa shape index (κ3) is 4.16. The Bertz CT molecular complexity index is 816. The number of nitrogens with one attached hydrogen (secondary N) is 2. The van der Waals surface area contributed by atoms with Crippen LogP contribution in [0.25, 0.3) is 0 Å². The first-order valence-electron chi connectivity index (χ1n) is 7.63. The fourth-order valence-electron chi connectivity index (χ4n) is 2.46. The number of aliphatic imine (C=N–C) groups is 1. The van der Waals surface area contributed by atoms with Gasteiger partial charge in [0.05, 0.1) is 19.6 Å². The predicted molar refractivity (Wildman–Crippen MR) is 94.8 cm³/mol. The second-order valence-electron chi connectivity index (χ2n) is 5.48. The summed E-state index contributed by atoms with van der Waals surface area (Å²) in [5.41, 5.74) is 1.29. The molecule has 0 saturated heterocycles. The van der Waals surface area contributed by atoms with Crippen LogP contribution in [0, 0.1) is 0 Å². The highest BCUT2D eigenvalue weighted by molar-refractivity contribution is 6.30. The second-order valence-corrected chi connectivity index (χ2v) is 5.92. The van der Waals surface area contributed by atoms with E-state index in [1.54, 1.807) is 31.4 Å². The van der Waals surface area contributed by atoms with E-state index in [1.807, 2.05) is 24.3 Å². The zero-order chi connectivity index (χ0) is 17.8. The van der Waals surface area contributed by atoms with Crippen LogP contribution in [0.15, 0.2) is 53.5 Å². The van der Waals surface area contributed by atoms with Crippen molar-refractivity contribution in [2.24, 2.45) is 4.99 Å². The Hall–Kier alpha value is -2.86. The van der Waals surface area contributed by atoms with Crippen LogP contribution in [-0.2, 0) is 4.79 Å². The number of ether oxygens (including phenoxy) is 1. The van der Waals surface area contributed by atoms with E-state index in [0.29, 0.717) is 10.6 Å². The molecule has 25 heavy (non-hydrogen) atoms. The summed E-state index contributed by atoms with van der Waals surface area (Å²) in [7, 11) is 1.59. The number of methoxy groups -OCH3 is 1. The van der Waals surface area contributed by atoms with Gasteiger partial charge in [-0.2, -0.15) is 0 Å². The summed E-state index contributed by atoms with van der Waals surface area (Å²) >= 11 is 5.81. The average Bonchev–Trinajstić information content (AvgIpc) is 2.62. The fraction of sp³-hybridized carbons (Fsp3) is 0.167. The van der Waals surface area contributed by atoms with Crippen molar-refractivity contribution >= 4 is 29.4 Å². The van der Waals surface area contributed by atoms with E-state index in [1.165, 1.54) is 0 Å². The van der Waals surface area contributed by atoms with Crippen molar-refractivity contribution in [3.05, 3.63) is 64.7 Å². The summed E-state index contributed by atoms with van der Waals surface area (Å²) in [5.74, 6) is 0.287. The van der Waals surface area contributed by atoms with Crippen LogP contribution in [0.2, 0.25) is 5.02 Å². The van der Waals surface area contributed by atoms with E-state index in [0.717, 1.165) is 11.3 Å². The third-order valence-electron chi connectivity index (χ3n) is 3.76. The van der Waals surface area contributed by atoms with Crippen molar-refractivity contribution in [1.82, 2.24) is 10.6 Å². The van der Waals surface area contributed by atoms with Gasteiger partial charge in [0.15, 0.2) is 0 Å². The Kier molecular flexibility index (Phi) is 5.00. The van der Waals surface area contributed by atoms with Crippen molar-refractivity contribution in [2.45, 2.75) is 12.5 Å². The third-order valence-corrected chi connectivity index (χ3v) is 4.01. The molecule has 0 fully saturated rings. The molecule has 0 radical (unpaired) electrons. The molecule has 1 atom stereocenters. The molecule has 0 saturated carbocycles. The molecule has 0 aromatic heterocycles. The summed E-state index contributed by atoms with van der Waals surface area (Å²) in [4.78, 5) is 28.6. The number of carbonyl (C=O) groups excluding carboxylic acids is 2. The second kappa shape index (κ2) is 7.36. The lowest BCUT2D eigenvalue weighted by Crippen LogP contribution is -2.47. The number of guanidine groups is 1. The van der Waals surface area contributed by atoms with Crippen LogP contribution in [0.4, 0.5) is 0 Å². The fourth-order valence-corrected chi connectivity index (χ4v) is 2.58. The minimum absolute atomic E-state index is 0.136. The molecule has 7 heteroatoms. The van der Waals surface area contributed by atoms with Crippen LogP contribution >= 0.6 is 11.6 Å². The average molecular weight is 358 g/mol. The van der Waals surface area contributed by atoms with Gasteiger partial charge in [-0.25, -0.2) is 4.99 Å². The molecule has 128 valence electrons. The summed E-state index contributed by atoms with van der Waals surface area (Å²) in [6.07, 6.45) is 0.215. The monoisotopic (exact) mass is 357 g/mol. The number of rotatable bonds is 3. The first kappa shape index (κ1) is 17.0. The molecule has 2 amide bonds. The lowest BCUT2D eigenvalue weighted by atomic mass is 10.0. The number of benzene rings is 2. The predicted octanol–water partition coefficient (Wildman–Crippen LogP) is 2.70. The number of hydrogen-bond donors (Lipinski definition) is 2. The van der Waals surface area contributed by atoms with Gasteiger partial charge in [0.2, 0.25) is 11.9 Å². The molecule has 0 aliphatic carbocycles. The SMILES string of the molecule is COc1ccc([C@@H]2CC(=O)NC(NC(=O)c3ccc(Cl)cc3)=N2)cc1. The summed E-state index contributed by atoms with van der Waals surface area (Å²) in [6, 6.07) is 13.4. The Balaban J connectivity index is 1.77. The molecule has 0 spiro atoms. The van der Waals surface area contributed by atoms with Crippen molar-refractivity contribution in [3.63, 3.8) is 0 Å². The first-order valence-corrected chi connectivity index (χ1v) is 8.01. The quantitative estimate of drug-likeness (QED) is 0.886. The minimum Gasteiger partial charge on any atom is -0.497 e. The molecule has 0 bridgehead atoms. The normalized spacial score (nSPS) is 16.6. The maximum absolute atomic E-state index is 12.3. The minimum atomic E-state index is -0.369. The maximum Gasteiger partial charge on any atom is 0.257 e. The van der Waals surface area contributed by atoms with E-state index < -0.39 is 0 Å². The van der Waals surface area contributed by atoms with Gasteiger partial charge in [0.1, 0.15) is 5.75 Å². The maximum atomic E-state index is 12.3. The highest BCUT2D eigenvalue weighted by Crippen LogP contribution is 2.25. The topological polar surface area (TPSA) is 79.8 Å². The Morgan fingerprint density at radius 2 is 1.88 bits per heavy atom. The summed E-state index contributed by atoms with van der Waals surface area (Å²) < 4.78 is 5.13.